The lowest BCUT2D eigenvalue weighted by Crippen LogP contribution is -2.23. The van der Waals surface area contributed by atoms with E-state index in [1.165, 1.54) is 17.0 Å². The zero-order valence-electron chi connectivity index (χ0n) is 19.3. The first-order chi connectivity index (χ1) is 16.6. The van der Waals surface area contributed by atoms with Crippen molar-refractivity contribution in [1.82, 2.24) is 14.9 Å². The van der Waals surface area contributed by atoms with Crippen molar-refractivity contribution in [1.29, 1.82) is 0 Å². The Bertz CT molecular complexity index is 1200. The molecule has 1 amide bonds. The van der Waals surface area contributed by atoms with E-state index >= 15 is 0 Å². The van der Waals surface area contributed by atoms with Crippen molar-refractivity contribution in [3.05, 3.63) is 71.4 Å². The first kappa shape index (κ1) is 26.2. The van der Waals surface area contributed by atoms with Gasteiger partial charge in [0.05, 0.1) is 17.9 Å². The fraction of sp³-hybridized carbons (Fsp3) is 0.261. The van der Waals surface area contributed by atoms with E-state index < -0.39 is 25.6 Å². The lowest BCUT2D eigenvalue weighted by molar-refractivity contribution is -0.137. The first-order valence-corrected chi connectivity index (χ1v) is 12.1. The average Bonchev–Trinajstić information content (AvgIpc) is 2.80. The molecule has 0 aliphatic carbocycles. The molecule has 0 radical (unpaired) electrons. The molecule has 0 saturated heterocycles. The lowest BCUT2D eigenvalue weighted by atomic mass is 10.1. The maximum Gasteiger partial charge on any atom is 0.421 e. The van der Waals surface area contributed by atoms with Crippen LogP contribution in [0.25, 0.3) is 0 Å². The Morgan fingerprint density at radius 2 is 1.77 bits per heavy atom. The Kier molecular flexibility index (Phi) is 8.48. The number of hydrogen-bond acceptors (Lipinski definition) is 7. The summed E-state index contributed by atoms with van der Waals surface area (Å²) in [4.78, 5) is 21.6. The summed E-state index contributed by atoms with van der Waals surface area (Å²) < 4.78 is 57.8. The van der Waals surface area contributed by atoms with E-state index in [0.717, 1.165) is 5.56 Å². The molecule has 1 aromatic heterocycles. The van der Waals surface area contributed by atoms with E-state index in [-0.39, 0.29) is 29.3 Å². The summed E-state index contributed by atoms with van der Waals surface area (Å²) in [7, 11) is 0.930. The second kappa shape index (κ2) is 11.3. The van der Waals surface area contributed by atoms with Crippen molar-refractivity contribution < 1.29 is 27.1 Å². The standard InChI is InChI=1S/C23H25F3N5O3P/c1-4-34-35(33)14-15-9-11-16(12-10-15)28-22-27-13-18(23(24,25)26)20(30-22)29-19-8-6-5-7-17(19)21(32)31(2)3/h5-13,35H,4,14H2,1-3H3,(H2,27,28,29,30). The number of nitrogens with zero attached hydrogens (tertiary/aromatic N) is 3. The van der Waals surface area contributed by atoms with Gasteiger partial charge in [-0.05, 0) is 36.8 Å². The SMILES string of the molecule is CCO[PH](=O)Cc1ccc(Nc2ncc(C(F)(F)F)c(Nc3ccccc3C(=O)N(C)C)n2)cc1. The monoisotopic (exact) mass is 507 g/mol. The van der Waals surface area contributed by atoms with Gasteiger partial charge in [0.2, 0.25) is 5.95 Å². The van der Waals surface area contributed by atoms with E-state index in [1.54, 1.807) is 57.4 Å². The Balaban J connectivity index is 1.88. The molecule has 8 nitrogen and oxygen atoms in total. The summed E-state index contributed by atoms with van der Waals surface area (Å²) >= 11 is 0. The van der Waals surface area contributed by atoms with Crippen molar-refractivity contribution >= 4 is 37.1 Å². The largest absolute Gasteiger partial charge is 0.421 e. The van der Waals surface area contributed by atoms with Gasteiger partial charge in [-0.1, -0.05) is 24.3 Å². The van der Waals surface area contributed by atoms with Crippen LogP contribution >= 0.6 is 8.03 Å². The van der Waals surface area contributed by atoms with Crippen molar-refractivity contribution in [3.8, 4) is 0 Å². The van der Waals surface area contributed by atoms with Gasteiger partial charge in [-0.2, -0.15) is 18.2 Å². The average molecular weight is 507 g/mol. The molecule has 3 rings (SSSR count). The third-order valence-corrected chi connectivity index (χ3v) is 6.08. The highest BCUT2D eigenvalue weighted by atomic mass is 31.1. The molecule has 186 valence electrons. The number of alkyl halides is 3. The molecule has 1 heterocycles. The Hall–Kier alpha value is -3.43. The number of nitrogens with one attached hydrogen (secondary N) is 2. The minimum absolute atomic E-state index is 0.0763. The van der Waals surface area contributed by atoms with E-state index in [2.05, 4.69) is 20.6 Å². The molecule has 0 bridgehead atoms. The number of aromatic nitrogens is 2. The third kappa shape index (κ3) is 7.03. The van der Waals surface area contributed by atoms with Gasteiger partial charge < -0.3 is 20.1 Å². The van der Waals surface area contributed by atoms with E-state index in [9.17, 15) is 22.5 Å². The van der Waals surface area contributed by atoms with Gasteiger partial charge >= 0.3 is 6.18 Å². The first-order valence-electron chi connectivity index (χ1n) is 10.6. The maximum atomic E-state index is 13.7. The number of benzene rings is 2. The molecule has 3 aromatic rings. The van der Waals surface area contributed by atoms with Crippen molar-refractivity contribution in [2.45, 2.75) is 19.3 Å². The van der Waals surface area contributed by atoms with Crippen LogP contribution in [0.2, 0.25) is 0 Å². The fourth-order valence-corrected chi connectivity index (χ4v) is 4.10. The fourth-order valence-electron chi connectivity index (χ4n) is 3.11. The zero-order chi connectivity index (χ0) is 25.6. The van der Waals surface area contributed by atoms with E-state index in [1.807, 2.05) is 0 Å². The smallest absolute Gasteiger partial charge is 0.345 e. The number of carbonyl (C=O) groups is 1. The molecule has 12 heteroatoms. The van der Waals surface area contributed by atoms with Gasteiger partial charge in [-0.25, -0.2) is 4.98 Å². The molecule has 2 aromatic carbocycles. The van der Waals surface area contributed by atoms with Crippen molar-refractivity contribution in [3.63, 3.8) is 0 Å². The van der Waals surface area contributed by atoms with Crippen LogP contribution in [0, 0.1) is 0 Å². The number of amides is 1. The highest BCUT2D eigenvalue weighted by Gasteiger charge is 2.35. The van der Waals surface area contributed by atoms with Gasteiger partial charge in [0.15, 0.2) is 8.03 Å². The van der Waals surface area contributed by atoms with E-state index in [4.69, 9.17) is 4.52 Å². The normalized spacial score (nSPS) is 12.2. The molecule has 2 N–H and O–H groups in total. The van der Waals surface area contributed by atoms with Gasteiger partial charge in [0.1, 0.15) is 11.4 Å². The minimum atomic E-state index is -4.72. The van der Waals surface area contributed by atoms with Crippen LogP contribution in [0.1, 0.15) is 28.4 Å². The van der Waals surface area contributed by atoms with Crippen molar-refractivity contribution in [2.24, 2.45) is 0 Å². The van der Waals surface area contributed by atoms with Crippen LogP contribution in [0.15, 0.2) is 54.7 Å². The number of carbonyl (C=O) groups excluding carboxylic acids is 1. The molecule has 1 atom stereocenters. The Morgan fingerprint density at radius 3 is 2.40 bits per heavy atom. The highest BCUT2D eigenvalue weighted by molar-refractivity contribution is 7.38. The van der Waals surface area contributed by atoms with Gasteiger partial charge in [-0.15, -0.1) is 0 Å². The molecule has 0 saturated carbocycles. The Labute approximate surface area is 201 Å². The van der Waals surface area contributed by atoms with Crippen LogP contribution in [-0.2, 0) is 21.4 Å². The summed E-state index contributed by atoms with van der Waals surface area (Å²) in [6.45, 7) is 2.13. The van der Waals surface area contributed by atoms with Crippen LogP contribution in [-0.4, -0.2) is 41.5 Å². The highest BCUT2D eigenvalue weighted by Crippen LogP contribution is 2.36. The second-order valence-corrected chi connectivity index (χ2v) is 9.01. The minimum Gasteiger partial charge on any atom is -0.345 e. The van der Waals surface area contributed by atoms with E-state index in [0.29, 0.717) is 18.5 Å². The topological polar surface area (TPSA) is 96.4 Å². The third-order valence-electron chi connectivity index (χ3n) is 4.77. The predicted octanol–water partition coefficient (Wildman–Crippen LogP) is 5.70. The van der Waals surface area contributed by atoms with Crippen LogP contribution < -0.4 is 10.6 Å². The molecule has 0 spiro atoms. The Morgan fingerprint density at radius 1 is 1.09 bits per heavy atom. The molecule has 35 heavy (non-hydrogen) atoms. The van der Waals surface area contributed by atoms with Crippen LogP contribution in [0.5, 0.6) is 0 Å². The van der Waals surface area contributed by atoms with Crippen molar-refractivity contribution in [2.75, 3.05) is 31.3 Å². The molecular formula is C23H25F3N5O3P. The summed E-state index contributed by atoms with van der Waals surface area (Å²) in [6.07, 6.45) is -3.76. The maximum absolute atomic E-state index is 13.7. The van der Waals surface area contributed by atoms with Gasteiger partial charge in [-0.3, -0.25) is 9.36 Å². The summed E-state index contributed by atoms with van der Waals surface area (Å²) in [5.74, 6) is -0.949. The quantitative estimate of drug-likeness (QED) is 0.359. The van der Waals surface area contributed by atoms with Crippen LogP contribution in [0.4, 0.5) is 36.3 Å². The molecular weight excluding hydrogens is 482 g/mol. The number of rotatable bonds is 9. The molecule has 0 aliphatic heterocycles. The predicted molar refractivity (Wildman–Crippen MR) is 129 cm³/mol. The summed E-state index contributed by atoms with van der Waals surface area (Å²) in [5, 5.41) is 5.51. The lowest BCUT2D eigenvalue weighted by Gasteiger charge is -2.18. The summed E-state index contributed by atoms with van der Waals surface area (Å²) in [6, 6.07) is 13.1. The van der Waals surface area contributed by atoms with Gasteiger partial charge in [0.25, 0.3) is 5.91 Å². The zero-order valence-corrected chi connectivity index (χ0v) is 20.3. The number of para-hydroxylation sites is 1. The molecule has 0 fully saturated rings. The summed E-state index contributed by atoms with van der Waals surface area (Å²) in [5.41, 5.74) is 0.618. The number of hydrogen-bond donors (Lipinski definition) is 2. The molecule has 0 aliphatic rings. The number of halogens is 3. The van der Waals surface area contributed by atoms with Crippen LogP contribution in [0.3, 0.4) is 0 Å². The number of anilines is 4. The van der Waals surface area contributed by atoms with Gasteiger partial charge in [0, 0.05) is 32.1 Å². The second-order valence-electron chi connectivity index (χ2n) is 7.63. The molecule has 1 unspecified atom stereocenters.